The van der Waals surface area contributed by atoms with E-state index in [0.29, 0.717) is 102 Å². The molecule has 2 saturated carbocycles. The maximum atomic E-state index is 14.4. The molecule has 6 saturated heterocycles. The number of ether oxygens (including phenoxy) is 2. The van der Waals surface area contributed by atoms with Gasteiger partial charge in [-0.05, 0) is 226 Å². The summed E-state index contributed by atoms with van der Waals surface area (Å²) in [6, 6.07) is 41.2. The fourth-order valence-electron chi connectivity index (χ4n) is 22.3. The molecular formula is C114H137F2N17O12S4. The lowest BCUT2D eigenvalue weighted by atomic mass is 9.82. The summed E-state index contributed by atoms with van der Waals surface area (Å²) >= 11 is 6.19. The van der Waals surface area contributed by atoms with Gasteiger partial charge in [-0.1, -0.05) is 142 Å². The molecule has 788 valence electrons. The quantitative estimate of drug-likeness (QED) is 0.0202. The van der Waals surface area contributed by atoms with Crippen LogP contribution in [0.15, 0.2) is 172 Å². The zero-order valence-corrected chi connectivity index (χ0v) is 89.1. The van der Waals surface area contributed by atoms with E-state index in [-0.39, 0.29) is 137 Å². The monoisotopic (exact) mass is 2100 g/mol. The highest BCUT2D eigenvalue weighted by molar-refractivity contribution is 7.11. The Kier molecular flexibility index (Phi) is 37.3. The number of Topliss-reactive ketones (excluding diaryl/α,β-unsaturated/α-hetero) is 1. The van der Waals surface area contributed by atoms with Crippen molar-refractivity contribution in [2.75, 3.05) is 86.3 Å². The fraction of sp³-hybridized carbons (Fsp3) is 0.474. The highest BCUT2D eigenvalue weighted by Crippen LogP contribution is 2.46. The molecule has 8 fully saturated rings. The molecule has 0 radical (unpaired) electrons. The number of likely N-dealkylation sites (N-methyl/N-ethyl adjacent to an activating group) is 4. The van der Waals surface area contributed by atoms with Gasteiger partial charge in [-0.15, -0.1) is 45.3 Å². The summed E-state index contributed by atoms with van der Waals surface area (Å²) < 4.78 is 39.8. The average molecular weight is 2100 g/mol. The Labute approximate surface area is 884 Å². The molecule has 29 nitrogen and oxygen atoms in total. The van der Waals surface area contributed by atoms with Crippen molar-refractivity contribution in [3.05, 3.63) is 209 Å². The number of nitrogens with zero attached hydrogens (tertiary/aromatic N) is 8. The summed E-state index contributed by atoms with van der Waals surface area (Å²) in [4.78, 5) is 162. The number of aromatic nitrogens is 5. The first-order chi connectivity index (χ1) is 72.4. The molecule has 7 aromatic carbocycles. The average Bonchev–Trinajstić information content (AvgIpc) is 1.70. The molecule has 11 heterocycles. The van der Waals surface area contributed by atoms with E-state index in [9.17, 15) is 56.7 Å². The van der Waals surface area contributed by atoms with Crippen molar-refractivity contribution in [2.24, 2.45) is 23.7 Å². The largest absolute Gasteiger partial charge is 0.381 e. The Bertz CT molecular complexity index is 6760. The molecule has 6 aliphatic heterocycles. The molecule has 2 aliphatic carbocycles. The van der Waals surface area contributed by atoms with Gasteiger partial charge in [-0.25, -0.2) is 28.7 Å². The number of carbonyl (C=O) groups excluding carboxylic acids is 9. The molecule has 8 amide bonds. The molecule has 35 heteroatoms. The zero-order valence-electron chi connectivity index (χ0n) is 85.8. The number of ketones is 1. The van der Waals surface area contributed by atoms with E-state index in [0.717, 1.165) is 195 Å². The van der Waals surface area contributed by atoms with Crippen molar-refractivity contribution in [3.8, 4) is 45.0 Å². The lowest BCUT2D eigenvalue weighted by Gasteiger charge is -2.35. The van der Waals surface area contributed by atoms with Crippen LogP contribution in [-0.2, 0) is 52.6 Å². The van der Waals surface area contributed by atoms with Gasteiger partial charge in [0.25, 0.3) is 0 Å². The van der Waals surface area contributed by atoms with Crippen LogP contribution >= 0.6 is 45.3 Å². The van der Waals surface area contributed by atoms with E-state index in [4.69, 9.17) is 29.4 Å². The van der Waals surface area contributed by atoms with Gasteiger partial charge in [0.2, 0.25) is 52.8 Å². The number of nitrogens with one attached hydrogen (secondary N) is 9. The van der Waals surface area contributed by atoms with E-state index in [2.05, 4.69) is 83.2 Å². The van der Waals surface area contributed by atoms with Crippen LogP contribution in [0.2, 0.25) is 0 Å². The van der Waals surface area contributed by atoms with Crippen LogP contribution in [0, 0.1) is 35.3 Å². The first-order valence-corrected chi connectivity index (χ1v) is 56.6. The number of para-hydroxylation sites is 1. The molecule has 12 aromatic rings. The standard InChI is InChI=1S/C29H35FN4O3S.C29H34N4O3S.C28H33FN4O3S.C28H35N5O3S/c1-3-31-18(2)27(35)33-26(19-12-15-37-16-13-19)29(36)34-14-6-9-25(34)28-32-24(17-38-28)22-10-11-23(30)21-8-5-4-7-20(21)22;1-18(30-2)27(35)32-26(20-12-14-21(34)15-13-20)29(36)33-16-6-11-25(33)28-31-24(17-37-28)23-10-5-8-19-7-3-4-9-22(19)23;1-2-30-16-25(34)32-26(18-11-14-36-15-12-18)28(35)33-13-5-8-24(33)27-31-23(17-37-27)21-9-10-22(29)20-7-4-3-6-19(20)21;1-17(29-2)26(35)32-25(18-9-4-3-5-10-18)28(36)33-14-8-13-23(33)27-31-22(16-37-27)20-15-24(34)30-21-12-7-6-11-19(20)21/h4-5,7-8,10-11,17-19,25-26,31H,3,6,9,12-16H2,1-2H3,(H,33,35);3-5,7-10,17-18,20,25-26,30H,6,11-16H2,1-2H3,(H,32,35);3-4,6-7,9-10,17-18,24,26,30H,2,5,8,11-16H2,1H3,(H,32,34);6-7,11-12,15-18,23,25,29H,3-5,8-10,13-14H2,1-2H3,(H,30,34)(H,32,35)/t2*18-,25-,26-;24-,26-;17-,23-,25-/m0000/s1. The number of rotatable bonds is 30. The SMILES string of the molecule is CCNCC(=O)N[C@H](C(=O)N1CCC[C@H]1c1nc(-c2ccc(F)c3ccccc23)cs1)C1CCOCC1.CCN[C@@H](C)C(=O)N[C@H](C(=O)N1CCC[C@H]1c1nc(-c2ccc(F)c3ccccc23)cs1)C1CCOCC1.CN[C@@H](C)C(=O)N[C@H](C(=O)N1CCC[C@H]1c1nc(-c2cc(=O)[nH]c3ccccc23)cs1)C1CCCCC1.CN[C@@H](C)C(=O)N[C@H](C(=O)N1CCC[C@H]1c1nc(-c2cccc3ccccc23)cs1)C1CCC(=O)CC1. The molecule has 8 aliphatic rings. The number of thiazole rings is 4. The summed E-state index contributed by atoms with van der Waals surface area (Å²) in [5.41, 5.74) is 7.51. The predicted molar refractivity (Wildman–Crippen MR) is 583 cm³/mol. The van der Waals surface area contributed by atoms with Gasteiger partial charge in [0.15, 0.2) is 0 Å². The third kappa shape index (κ3) is 25.6. The van der Waals surface area contributed by atoms with Gasteiger partial charge >= 0.3 is 0 Å². The number of fused-ring (bicyclic) bond motifs is 4. The van der Waals surface area contributed by atoms with Crippen LogP contribution in [0.3, 0.4) is 0 Å². The number of benzene rings is 7. The summed E-state index contributed by atoms with van der Waals surface area (Å²) in [7, 11) is 3.48. The molecule has 11 atom stereocenters. The number of hydrogen-bond acceptors (Lipinski definition) is 24. The zero-order chi connectivity index (χ0) is 104. The van der Waals surface area contributed by atoms with E-state index in [1.807, 2.05) is 136 Å². The lowest BCUT2D eigenvalue weighted by molar-refractivity contribution is -0.140. The lowest BCUT2D eigenvalue weighted by Crippen LogP contribution is -2.56. The summed E-state index contributed by atoms with van der Waals surface area (Å²) in [6.45, 7) is 15.8. The van der Waals surface area contributed by atoms with Crippen molar-refractivity contribution in [1.82, 2.24) is 87.1 Å². The van der Waals surface area contributed by atoms with Crippen LogP contribution in [0.4, 0.5) is 8.78 Å². The Hall–Kier alpha value is -11.9. The summed E-state index contributed by atoms with van der Waals surface area (Å²) in [6.07, 6.45) is 17.4. The van der Waals surface area contributed by atoms with E-state index >= 15 is 0 Å². The minimum absolute atomic E-state index is 0.00408. The second-order valence-corrected chi connectivity index (χ2v) is 43.8. The number of likely N-dealkylation sites (tertiary alicyclic amines) is 4. The van der Waals surface area contributed by atoms with E-state index in [1.54, 1.807) is 62.7 Å². The Morgan fingerprint density at radius 3 is 1.17 bits per heavy atom. The Balaban J connectivity index is 0.000000135. The third-order valence-corrected chi connectivity index (χ3v) is 34.6. The summed E-state index contributed by atoms with van der Waals surface area (Å²) in [5, 5.41) is 42.0. The van der Waals surface area contributed by atoms with Crippen LogP contribution in [-0.4, -0.2) is 226 Å². The van der Waals surface area contributed by atoms with E-state index < -0.39 is 30.2 Å². The number of aromatic amines is 1. The number of pyridine rings is 1. The third-order valence-electron chi connectivity index (χ3n) is 30.8. The van der Waals surface area contributed by atoms with Crippen molar-refractivity contribution in [1.29, 1.82) is 0 Å². The molecule has 0 unspecified atom stereocenters. The van der Waals surface area contributed by atoms with Crippen LogP contribution in [0.5, 0.6) is 0 Å². The minimum atomic E-state index is -0.630. The molecule has 0 spiro atoms. The number of halogens is 2. The Morgan fingerprint density at radius 1 is 0.389 bits per heavy atom. The van der Waals surface area contributed by atoms with Gasteiger partial charge in [0.1, 0.15) is 61.6 Å². The highest BCUT2D eigenvalue weighted by Gasteiger charge is 2.47. The van der Waals surface area contributed by atoms with E-state index in [1.165, 1.54) is 58.0 Å². The van der Waals surface area contributed by atoms with Crippen molar-refractivity contribution in [3.63, 3.8) is 0 Å². The number of amides is 8. The van der Waals surface area contributed by atoms with Gasteiger partial charge < -0.3 is 76.6 Å². The maximum absolute atomic E-state index is 14.4. The minimum Gasteiger partial charge on any atom is -0.381 e. The first kappa shape index (κ1) is 108. The molecular weight excluding hydrogens is 1970 g/mol. The second-order valence-electron chi connectivity index (χ2n) is 40.2. The van der Waals surface area contributed by atoms with Crippen LogP contribution in [0.1, 0.15) is 214 Å². The van der Waals surface area contributed by atoms with Crippen molar-refractivity contribution >= 4 is 142 Å². The normalized spacial score (nSPS) is 19.9. The number of hydrogen-bond donors (Lipinski definition) is 9. The van der Waals surface area contributed by atoms with Gasteiger partial charge in [0, 0.05) is 137 Å². The fourth-order valence-corrected chi connectivity index (χ4v) is 26.2. The van der Waals surface area contributed by atoms with Gasteiger partial charge in [-0.3, -0.25) is 47.9 Å². The maximum Gasteiger partial charge on any atom is 0.249 e. The molecule has 9 N–H and O–H groups in total. The Morgan fingerprint density at radius 2 is 0.752 bits per heavy atom. The van der Waals surface area contributed by atoms with Gasteiger partial charge in [-0.2, -0.15) is 0 Å². The summed E-state index contributed by atoms with van der Waals surface area (Å²) in [5.74, 6) is -0.858. The molecule has 5 aromatic heterocycles. The van der Waals surface area contributed by atoms with Crippen molar-refractivity contribution < 1.29 is 61.4 Å². The molecule has 149 heavy (non-hydrogen) atoms. The molecule has 0 bridgehead atoms. The first-order valence-electron chi connectivity index (χ1n) is 53.1. The van der Waals surface area contributed by atoms with Crippen molar-refractivity contribution in [2.45, 2.75) is 236 Å². The number of carbonyl (C=O) groups is 9. The number of H-pyrrole nitrogens is 1. The van der Waals surface area contributed by atoms with Gasteiger partial charge in [0.05, 0.1) is 71.6 Å². The highest BCUT2D eigenvalue weighted by atomic mass is 32.1. The van der Waals surface area contributed by atoms with Crippen LogP contribution in [0.25, 0.3) is 88.2 Å². The predicted octanol–water partition coefficient (Wildman–Crippen LogP) is 17.4. The topological polar surface area (TPSA) is 366 Å². The smallest absolute Gasteiger partial charge is 0.249 e. The second kappa shape index (κ2) is 51.3. The molecule has 20 rings (SSSR count). The van der Waals surface area contributed by atoms with Crippen LogP contribution < -0.4 is 48.1 Å².